The molecule has 17 nitrogen and oxygen atoms in total. The molecule has 8 amide bonds. The fourth-order valence-electron chi connectivity index (χ4n) is 6.98. The molecular formula is C41H36ClN5O12S2. The van der Waals surface area contributed by atoms with Crippen LogP contribution in [0.15, 0.2) is 94.7 Å². The zero-order chi connectivity index (χ0) is 44.6. The number of benzene rings is 4. The summed E-state index contributed by atoms with van der Waals surface area (Å²) < 4.78 is 47.0. The summed E-state index contributed by atoms with van der Waals surface area (Å²) in [5.41, 5.74) is 8.62. The lowest BCUT2D eigenvalue weighted by atomic mass is 10.0. The highest BCUT2D eigenvalue weighted by molar-refractivity contribution is 8.13. The van der Waals surface area contributed by atoms with E-state index in [0.717, 1.165) is 20.9 Å². The Balaban J connectivity index is 0.000000172. The SMILES string of the molecule is Cc1cccc(S(=O)(=O)Cc2ccc3c(c2)C(=O)N(C2CCC(=O)NC2=O)C3=O)c1.Cc1cccc(S(=O)(=O)Cl)c1.Nc1ccc2c(c1)C(=O)N(C1CCC(=O)NC1=O)C2=O. The van der Waals surface area contributed by atoms with Gasteiger partial charge in [-0.25, -0.2) is 16.8 Å². The highest BCUT2D eigenvalue weighted by atomic mass is 35.7. The Labute approximate surface area is 353 Å². The zero-order valence-corrected chi connectivity index (χ0v) is 34.7. The van der Waals surface area contributed by atoms with Crippen LogP contribution in [-0.2, 0) is 43.8 Å². The second kappa shape index (κ2) is 17.2. The zero-order valence-electron chi connectivity index (χ0n) is 32.3. The quantitative estimate of drug-likeness (QED) is 0.143. The molecule has 4 aliphatic rings. The maximum absolute atomic E-state index is 12.9. The average Bonchev–Trinajstić information content (AvgIpc) is 3.57. The van der Waals surface area contributed by atoms with E-state index in [2.05, 4.69) is 10.6 Å². The number of carbonyl (C=O) groups excluding carboxylic acids is 8. The molecule has 4 aromatic rings. The highest BCUT2D eigenvalue weighted by Crippen LogP contribution is 2.31. The number of carbonyl (C=O) groups is 8. The Kier molecular flexibility index (Phi) is 12.4. The molecule has 4 aliphatic heterocycles. The largest absolute Gasteiger partial charge is 0.399 e. The molecule has 61 heavy (non-hydrogen) atoms. The predicted octanol–water partition coefficient (Wildman–Crippen LogP) is 2.96. The third-order valence-corrected chi connectivity index (χ3v) is 13.0. The number of piperidine rings is 2. The molecule has 0 spiro atoms. The summed E-state index contributed by atoms with van der Waals surface area (Å²) in [6.45, 7) is 3.60. The Bertz CT molecular complexity index is 2810. The number of nitrogens with zero attached hydrogens (tertiary/aromatic N) is 2. The van der Waals surface area contributed by atoms with Gasteiger partial charge in [0.15, 0.2) is 9.84 Å². The van der Waals surface area contributed by atoms with Crippen LogP contribution in [0, 0.1) is 13.8 Å². The van der Waals surface area contributed by atoms with Crippen molar-refractivity contribution in [3.05, 3.63) is 124 Å². The fourth-order valence-corrected chi connectivity index (χ4v) is 9.27. The lowest BCUT2D eigenvalue weighted by Gasteiger charge is -2.27. The van der Waals surface area contributed by atoms with E-state index in [1.165, 1.54) is 54.6 Å². The monoisotopic (exact) mass is 889 g/mol. The van der Waals surface area contributed by atoms with Gasteiger partial charge in [0, 0.05) is 29.2 Å². The molecule has 0 aliphatic carbocycles. The van der Waals surface area contributed by atoms with E-state index in [0.29, 0.717) is 11.3 Å². The van der Waals surface area contributed by atoms with Gasteiger partial charge in [-0.2, -0.15) is 0 Å². The first kappa shape index (κ1) is 44.0. The first-order valence-corrected chi connectivity index (χ1v) is 22.4. The maximum Gasteiger partial charge on any atom is 0.262 e. The average molecular weight is 890 g/mol. The molecule has 4 N–H and O–H groups in total. The molecular weight excluding hydrogens is 854 g/mol. The van der Waals surface area contributed by atoms with Gasteiger partial charge in [-0.15, -0.1) is 0 Å². The summed E-state index contributed by atoms with van der Waals surface area (Å²) in [5.74, 6) is -4.86. The lowest BCUT2D eigenvalue weighted by molar-refractivity contribution is -0.137. The summed E-state index contributed by atoms with van der Waals surface area (Å²) in [5, 5.41) is 4.27. The number of halogens is 1. The molecule has 0 bridgehead atoms. The van der Waals surface area contributed by atoms with Gasteiger partial charge >= 0.3 is 0 Å². The van der Waals surface area contributed by atoms with Gasteiger partial charge in [0.05, 0.1) is 37.8 Å². The fraction of sp³-hybridized carbons (Fsp3) is 0.220. The van der Waals surface area contributed by atoms with Crippen molar-refractivity contribution < 1.29 is 55.2 Å². The van der Waals surface area contributed by atoms with Crippen LogP contribution >= 0.6 is 10.7 Å². The lowest BCUT2D eigenvalue weighted by Crippen LogP contribution is -2.54. The number of aryl methyl sites for hydroxylation is 2. The molecule has 20 heteroatoms. The van der Waals surface area contributed by atoms with Crippen LogP contribution in [0.1, 0.15) is 83.8 Å². The van der Waals surface area contributed by atoms with Crippen molar-refractivity contribution in [3.63, 3.8) is 0 Å². The smallest absolute Gasteiger partial charge is 0.262 e. The second-order valence-corrected chi connectivity index (χ2v) is 19.0. The van der Waals surface area contributed by atoms with Crippen LogP contribution in [0.5, 0.6) is 0 Å². The summed E-state index contributed by atoms with van der Waals surface area (Å²) in [4.78, 5) is 98.6. The van der Waals surface area contributed by atoms with Crippen molar-refractivity contribution in [2.24, 2.45) is 0 Å². The number of sulfone groups is 1. The minimum atomic E-state index is -3.64. The second-order valence-electron chi connectivity index (χ2n) is 14.4. The van der Waals surface area contributed by atoms with Gasteiger partial charge in [-0.3, -0.25) is 58.8 Å². The molecule has 8 rings (SSSR count). The Hall–Kier alpha value is -6.57. The predicted molar refractivity (Wildman–Crippen MR) is 217 cm³/mol. The number of hydrogen-bond donors (Lipinski definition) is 3. The number of fused-ring (bicyclic) bond motifs is 2. The number of nitrogen functional groups attached to an aromatic ring is 1. The summed E-state index contributed by atoms with van der Waals surface area (Å²) in [6, 6.07) is 19.7. The highest BCUT2D eigenvalue weighted by Gasteiger charge is 2.46. The Morgan fingerprint density at radius 3 is 1.49 bits per heavy atom. The van der Waals surface area contributed by atoms with Crippen LogP contribution in [-0.4, -0.2) is 86.0 Å². The van der Waals surface area contributed by atoms with E-state index < -0.39 is 78.2 Å². The van der Waals surface area contributed by atoms with Gasteiger partial charge in [-0.1, -0.05) is 30.3 Å². The van der Waals surface area contributed by atoms with E-state index in [1.54, 1.807) is 31.2 Å². The summed E-state index contributed by atoms with van der Waals surface area (Å²) >= 11 is 0. The van der Waals surface area contributed by atoms with Crippen LogP contribution in [0.3, 0.4) is 0 Å². The number of imide groups is 4. The standard InChI is InChI=1S/C21H18N2O6S.C13H11N3O4.C7H7ClO2S/c1-12-3-2-4-14(9-12)30(28,29)11-13-5-6-15-16(10-13)21(27)23(20(15)26)17-7-8-18(24)22-19(17)25;14-6-1-2-7-8(5-6)13(20)16(12(7)19)9-3-4-10(17)15-11(9)18;1-6-3-2-4-7(5-6)11(8,9)10/h2-6,9-10,17H,7-8,11H2,1H3,(H,22,24,25);1-2,5,9H,3-4,14H2,(H,15,17,18);2-5H,1H3. The van der Waals surface area contributed by atoms with Crippen molar-refractivity contribution in [1.82, 2.24) is 20.4 Å². The van der Waals surface area contributed by atoms with Crippen molar-refractivity contribution in [2.75, 3.05) is 5.73 Å². The number of rotatable bonds is 6. The minimum Gasteiger partial charge on any atom is -0.399 e. The van der Waals surface area contributed by atoms with Gasteiger partial charge < -0.3 is 5.73 Å². The molecule has 0 saturated carbocycles. The molecule has 2 atom stereocenters. The number of nitrogens with one attached hydrogen (secondary N) is 2. The van der Waals surface area contributed by atoms with Crippen LogP contribution in [0.25, 0.3) is 0 Å². The molecule has 0 aromatic heterocycles. The third-order valence-electron chi connectivity index (χ3n) is 9.94. The normalized spacial score (nSPS) is 18.7. The van der Waals surface area contributed by atoms with Crippen molar-refractivity contribution in [3.8, 4) is 0 Å². The summed E-state index contributed by atoms with van der Waals surface area (Å²) in [6.07, 6.45) is 0.339. The Morgan fingerprint density at radius 2 is 1.03 bits per heavy atom. The first-order valence-electron chi connectivity index (χ1n) is 18.4. The topological polar surface area (TPSA) is 261 Å². The minimum absolute atomic E-state index is 0.0315. The van der Waals surface area contributed by atoms with Crippen molar-refractivity contribution in [2.45, 2.75) is 67.2 Å². The van der Waals surface area contributed by atoms with E-state index in [-0.39, 0.29) is 63.5 Å². The third kappa shape index (κ3) is 9.43. The van der Waals surface area contributed by atoms with Crippen molar-refractivity contribution in [1.29, 1.82) is 0 Å². The van der Waals surface area contributed by atoms with Gasteiger partial charge in [0.1, 0.15) is 12.1 Å². The van der Waals surface area contributed by atoms with E-state index >= 15 is 0 Å². The van der Waals surface area contributed by atoms with Crippen LogP contribution < -0.4 is 16.4 Å². The molecule has 0 radical (unpaired) electrons. The van der Waals surface area contributed by atoms with E-state index in [4.69, 9.17) is 16.4 Å². The van der Waals surface area contributed by atoms with Gasteiger partial charge in [-0.05, 0) is 98.0 Å². The molecule has 2 unspecified atom stereocenters. The summed E-state index contributed by atoms with van der Waals surface area (Å²) in [7, 11) is -2.09. The number of anilines is 1. The van der Waals surface area contributed by atoms with Crippen LogP contribution in [0.4, 0.5) is 5.69 Å². The molecule has 4 aromatic carbocycles. The van der Waals surface area contributed by atoms with Crippen LogP contribution in [0.2, 0.25) is 0 Å². The van der Waals surface area contributed by atoms with E-state index in [1.807, 2.05) is 13.0 Å². The molecule has 2 fully saturated rings. The number of hydrogen-bond acceptors (Lipinski definition) is 13. The van der Waals surface area contributed by atoms with E-state index in [9.17, 15) is 55.2 Å². The first-order chi connectivity index (χ1) is 28.7. The van der Waals surface area contributed by atoms with Gasteiger partial charge in [0.2, 0.25) is 23.6 Å². The maximum atomic E-state index is 12.9. The van der Waals surface area contributed by atoms with Gasteiger partial charge in [0.25, 0.3) is 32.7 Å². The molecule has 4 heterocycles. The molecule has 316 valence electrons. The van der Waals surface area contributed by atoms with Crippen molar-refractivity contribution >= 4 is 82.5 Å². The number of nitrogens with two attached hydrogens (primary N) is 1. The Morgan fingerprint density at radius 1 is 0.590 bits per heavy atom. The molecule has 2 saturated heterocycles. The number of amides is 8.